The number of aliphatic hydroxyl groups is 1. The van der Waals surface area contributed by atoms with E-state index in [2.05, 4.69) is 29.2 Å². The molecular weight excluding hydrogens is 222 g/mol. The van der Waals surface area contributed by atoms with Crippen LogP contribution >= 0.6 is 0 Å². The van der Waals surface area contributed by atoms with Gasteiger partial charge in [0.15, 0.2) is 0 Å². The van der Waals surface area contributed by atoms with Crippen molar-refractivity contribution in [3.05, 3.63) is 29.8 Å². The normalized spacial score (nSPS) is 28.6. The van der Waals surface area contributed by atoms with Crippen molar-refractivity contribution in [2.75, 3.05) is 11.4 Å². The molecule has 98 valence electrons. The Kier molecular flexibility index (Phi) is 3.55. The second-order valence-corrected chi connectivity index (χ2v) is 5.74. The summed E-state index contributed by atoms with van der Waals surface area (Å²) >= 11 is 0. The fraction of sp³-hybridized carbons (Fsp3) is 0.625. The zero-order valence-corrected chi connectivity index (χ0v) is 11.0. The van der Waals surface area contributed by atoms with E-state index in [9.17, 15) is 5.11 Å². The first kappa shape index (κ1) is 12.0. The second-order valence-electron chi connectivity index (χ2n) is 5.74. The lowest BCUT2D eigenvalue weighted by atomic mass is 9.91. The van der Waals surface area contributed by atoms with Gasteiger partial charge in [0.2, 0.25) is 0 Å². The highest BCUT2D eigenvalue weighted by molar-refractivity contribution is 5.55. The third kappa shape index (κ3) is 2.39. The molecule has 1 fully saturated rings. The van der Waals surface area contributed by atoms with Crippen LogP contribution in [0.4, 0.5) is 5.69 Å². The fourth-order valence-electron chi connectivity index (χ4n) is 3.47. The van der Waals surface area contributed by atoms with Gasteiger partial charge in [-0.3, -0.25) is 0 Å². The Morgan fingerprint density at radius 3 is 2.61 bits per heavy atom. The van der Waals surface area contributed by atoms with Gasteiger partial charge in [-0.25, -0.2) is 0 Å². The zero-order chi connectivity index (χ0) is 12.4. The van der Waals surface area contributed by atoms with E-state index in [4.69, 9.17) is 0 Å². The number of aryl methyl sites for hydroxylation is 1. The molecule has 1 saturated carbocycles. The average molecular weight is 245 g/mol. The van der Waals surface area contributed by atoms with Crippen molar-refractivity contribution in [3.63, 3.8) is 0 Å². The van der Waals surface area contributed by atoms with Gasteiger partial charge in [-0.15, -0.1) is 0 Å². The van der Waals surface area contributed by atoms with Gasteiger partial charge >= 0.3 is 0 Å². The fourth-order valence-corrected chi connectivity index (χ4v) is 3.47. The van der Waals surface area contributed by atoms with Crippen molar-refractivity contribution >= 4 is 5.69 Å². The highest BCUT2D eigenvalue weighted by Crippen LogP contribution is 2.32. The van der Waals surface area contributed by atoms with Crippen LogP contribution in [0.2, 0.25) is 0 Å². The summed E-state index contributed by atoms with van der Waals surface area (Å²) in [4.78, 5) is 2.62. The Morgan fingerprint density at radius 2 is 1.78 bits per heavy atom. The van der Waals surface area contributed by atoms with Gasteiger partial charge in [-0.05, 0) is 56.6 Å². The Labute approximate surface area is 110 Å². The van der Waals surface area contributed by atoms with Gasteiger partial charge in [0.05, 0.1) is 6.10 Å². The molecule has 2 heteroatoms. The topological polar surface area (TPSA) is 23.5 Å². The van der Waals surface area contributed by atoms with Crippen LogP contribution in [0, 0.1) is 0 Å². The van der Waals surface area contributed by atoms with Gasteiger partial charge in [-0.2, -0.15) is 0 Å². The first-order valence-corrected chi connectivity index (χ1v) is 7.37. The molecule has 18 heavy (non-hydrogen) atoms. The lowest BCUT2D eigenvalue weighted by molar-refractivity contribution is 0.121. The molecule has 0 bridgehead atoms. The van der Waals surface area contributed by atoms with Crippen LogP contribution in [0.25, 0.3) is 0 Å². The molecule has 2 aliphatic rings. The number of anilines is 1. The van der Waals surface area contributed by atoms with E-state index >= 15 is 0 Å². The third-order valence-corrected chi connectivity index (χ3v) is 4.50. The molecule has 1 aliphatic carbocycles. The third-order valence-electron chi connectivity index (χ3n) is 4.50. The van der Waals surface area contributed by atoms with E-state index < -0.39 is 0 Å². The molecule has 2 nitrogen and oxygen atoms in total. The van der Waals surface area contributed by atoms with E-state index in [1.807, 2.05) is 0 Å². The maximum atomic E-state index is 9.66. The molecule has 0 radical (unpaired) electrons. The Balaban J connectivity index is 1.83. The zero-order valence-electron chi connectivity index (χ0n) is 11.0. The van der Waals surface area contributed by atoms with Gasteiger partial charge in [0.1, 0.15) is 0 Å². The van der Waals surface area contributed by atoms with Gasteiger partial charge < -0.3 is 10.0 Å². The molecule has 1 N–H and O–H groups in total. The van der Waals surface area contributed by atoms with Crippen molar-refractivity contribution in [2.45, 2.75) is 57.1 Å². The molecule has 1 aromatic carbocycles. The van der Waals surface area contributed by atoms with Crippen LogP contribution < -0.4 is 4.90 Å². The number of hydrogen-bond acceptors (Lipinski definition) is 2. The average Bonchev–Trinajstić information content (AvgIpc) is 2.62. The van der Waals surface area contributed by atoms with Gasteiger partial charge in [0, 0.05) is 18.3 Å². The van der Waals surface area contributed by atoms with E-state index in [1.54, 1.807) is 0 Å². The van der Waals surface area contributed by atoms with Crippen LogP contribution in [-0.4, -0.2) is 23.8 Å². The summed E-state index contributed by atoms with van der Waals surface area (Å²) in [7, 11) is 0. The van der Waals surface area contributed by atoms with E-state index in [0.717, 1.165) is 25.7 Å². The second kappa shape index (κ2) is 5.31. The highest BCUT2D eigenvalue weighted by Gasteiger charge is 2.26. The lowest BCUT2D eigenvalue weighted by Gasteiger charge is -2.37. The molecule has 0 saturated heterocycles. The molecule has 1 aliphatic heterocycles. The molecule has 0 amide bonds. The van der Waals surface area contributed by atoms with Crippen molar-refractivity contribution in [1.82, 2.24) is 0 Å². The SMILES string of the molecule is OC1CCC(N2CCCCc3ccccc32)CC1. The van der Waals surface area contributed by atoms with Crippen LogP contribution in [0.1, 0.15) is 44.1 Å². The molecule has 3 rings (SSSR count). The van der Waals surface area contributed by atoms with Crippen LogP contribution in [0.15, 0.2) is 24.3 Å². The van der Waals surface area contributed by atoms with Crippen molar-refractivity contribution in [2.24, 2.45) is 0 Å². The molecule has 0 unspecified atom stereocenters. The smallest absolute Gasteiger partial charge is 0.0541 e. The van der Waals surface area contributed by atoms with Crippen molar-refractivity contribution in [3.8, 4) is 0 Å². The summed E-state index contributed by atoms with van der Waals surface area (Å²) in [6.45, 7) is 1.19. The molecule has 1 aromatic rings. The van der Waals surface area contributed by atoms with Crippen LogP contribution in [-0.2, 0) is 6.42 Å². The highest BCUT2D eigenvalue weighted by atomic mass is 16.3. The number of benzene rings is 1. The lowest BCUT2D eigenvalue weighted by Crippen LogP contribution is -2.39. The Bertz CT molecular complexity index is 396. The number of aliphatic hydroxyl groups excluding tert-OH is 1. The molecule has 1 heterocycles. The number of rotatable bonds is 1. The van der Waals surface area contributed by atoms with E-state index in [-0.39, 0.29) is 6.10 Å². The van der Waals surface area contributed by atoms with Crippen molar-refractivity contribution in [1.29, 1.82) is 0 Å². The molecule has 0 spiro atoms. The van der Waals surface area contributed by atoms with E-state index in [1.165, 1.54) is 37.1 Å². The number of fused-ring (bicyclic) bond motifs is 1. The number of hydrogen-bond donors (Lipinski definition) is 1. The Morgan fingerprint density at radius 1 is 1.00 bits per heavy atom. The standard InChI is InChI=1S/C16H23NO/c18-15-10-8-14(9-11-15)17-12-4-3-6-13-5-1-2-7-16(13)17/h1-2,5,7,14-15,18H,3-4,6,8-12H2. The summed E-state index contributed by atoms with van der Waals surface area (Å²) in [5, 5.41) is 9.66. The number of para-hydroxylation sites is 1. The van der Waals surface area contributed by atoms with Gasteiger partial charge in [-0.1, -0.05) is 18.2 Å². The summed E-state index contributed by atoms with van der Waals surface area (Å²) in [6.07, 6.45) is 8.03. The monoisotopic (exact) mass is 245 g/mol. The maximum Gasteiger partial charge on any atom is 0.0541 e. The molecule has 0 aromatic heterocycles. The van der Waals surface area contributed by atoms with Crippen LogP contribution in [0.3, 0.4) is 0 Å². The first-order chi connectivity index (χ1) is 8.84. The maximum absolute atomic E-state index is 9.66. The Hall–Kier alpha value is -1.02. The summed E-state index contributed by atoms with van der Waals surface area (Å²) < 4.78 is 0. The van der Waals surface area contributed by atoms with Crippen LogP contribution in [0.5, 0.6) is 0 Å². The number of nitrogens with zero attached hydrogens (tertiary/aromatic N) is 1. The minimum absolute atomic E-state index is 0.0523. The predicted octanol–water partition coefficient (Wildman–Crippen LogP) is 3.13. The summed E-state index contributed by atoms with van der Waals surface area (Å²) in [5.41, 5.74) is 2.97. The summed E-state index contributed by atoms with van der Waals surface area (Å²) in [6, 6.07) is 9.53. The molecular formula is C16H23NO. The quantitative estimate of drug-likeness (QED) is 0.821. The summed E-state index contributed by atoms with van der Waals surface area (Å²) in [5.74, 6) is 0. The minimum atomic E-state index is -0.0523. The van der Waals surface area contributed by atoms with E-state index in [0.29, 0.717) is 6.04 Å². The largest absolute Gasteiger partial charge is 0.393 e. The van der Waals surface area contributed by atoms with Gasteiger partial charge in [0.25, 0.3) is 0 Å². The van der Waals surface area contributed by atoms with Crippen molar-refractivity contribution < 1.29 is 5.11 Å². The molecule has 0 atom stereocenters. The predicted molar refractivity (Wildman–Crippen MR) is 75.0 cm³/mol. The first-order valence-electron chi connectivity index (χ1n) is 7.37. The minimum Gasteiger partial charge on any atom is -0.393 e.